The smallest absolute Gasteiger partial charge is 0.261 e. The molecule has 2 aromatic rings. The van der Waals surface area contributed by atoms with Crippen LogP contribution in [-0.2, 0) is 11.3 Å². The molecule has 2 aliphatic rings. The van der Waals surface area contributed by atoms with Gasteiger partial charge in [-0.05, 0) is 55.5 Å². The summed E-state index contributed by atoms with van der Waals surface area (Å²) in [7, 11) is 1.50. The molecule has 8 nitrogen and oxygen atoms in total. The van der Waals surface area contributed by atoms with Crippen LogP contribution in [0, 0.1) is 11.8 Å². The summed E-state index contributed by atoms with van der Waals surface area (Å²) >= 11 is 0. The minimum atomic E-state index is -0.341. The largest absolute Gasteiger partial charge is 0.496 e. The Bertz CT molecular complexity index is 1150. The number of imide groups is 1. The number of ether oxygens (including phenoxy) is 1. The van der Waals surface area contributed by atoms with Crippen molar-refractivity contribution in [2.45, 2.75) is 46.2 Å². The third kappa shape index (κ3) is 4.98. The molecule has 4 rings (SSSR count). The van der Waals surface area contributed by atoms with Gasteiger partial charge >= 0.3 is 0 Å². The molecular formula is C28H33N3O5. The van der Waals surface area contributed by atoms with Crippen molar-refractivity contribution >= 4 is 23.6 Å². The van der Waals surface area contributed by atoms with Crippen LogP contribution in [0.1, 0.15) is 70.3 Å². The molecule has 2 aliphatic heterocycles. The fourth-order valence-electron chi connectivity index (χ4n) is 4.61. The van der Waals surface area contributed by atoms with Crippen LogP contribution < -0.4 is 10.1 Å². The van der Waals surface area contributed by atoms with Crippen molar-refractivity contribution in [2.75, 3.05) is 20.2 Å². The zero-order chi connectivity index (χ0) is 26.0. The molecule has 190 valence electrons. The van der Waals surface area contributed by atoms with Crippen LogP contribution in [0.5, 0.6) is 5.75 Å². The second-order valence-corrected chi connectivity index (χ2v) is 9.88. The molecule has 4 amide bonds. The van der Waals surface area contributed by atoms with Crippen molar-refractivity contribution in [2.24, 2.45) is 11.8 Å². The molecule has 0 saturated carbocycles. The number of methoxy groups -OCH3 is 1. The number of rotatable bonds is 7. The van der Waals surface area contributed by atoms with Gasteiger partial charge in [-0.1, -0.05) is 32.0 Å². The van der Waals surface area contributed by atoms with Gasteiger partial charge in [-0.2, -0.15) is 0 Å². The van der Waals surface area contributed by atoms with E-state index in [0.717, 1.165) is 0 Å². The number of likely N-dealkylation sites (tertiary alicyclic amines) is 1. The van der Waals surface area contributed by atoms with Gasteiger partial charge in [-0.25, -0.2) is 0 Å². The Kier molecular flexibility index (Phi) is 7.43. The number of hydrogen-bond donors (Lipinski definition) is 1. The lowest BCUT2D eigenvalue weighted by Crippen LogP contribution is -2.45. The summed E-state index contributed by atoms with van der Waals surface area (Å²) in [5, 5.41) is 3.08. The van der Waals surface area contributed by atoms with Crippen LogP contribution in [-0.4, -0.2) is 59.7 Å². The molecular weight excluding hydrogens is 458 g/mol. The Labute approximate surface area is 211 Å². The van der Waals surface area contributed by atoms with E-state index in [1.54, 1.807) is 47.4 Å². The average molecular weight is 492 g/mol. The van der Waals surface area contributed by atoms with Gasteiger partial charge in [0.05, 0.1) is 30.3 Å². The van der Waals surface area contributed by atoms with Crippen molar-refractivity contribution in [3.8, 4) is 5.75 Å². The summed E-state index contributed by atoms with van der Waals surface area (Å²) < 4.78 is 5.44. The molecule has 0 aliphatic carbocycles. The molecule has 0 radical (unpaired) electrons. The molecule has 0 aromatic heterocycles. The van der Waals surface area contributed by atoms with Gasteiger partial charge in [0.15, 0.2) is 0 Å². The average Bonchev–Trinajstić information content (AvgIpc) is 3.13. The highest BCUT2D eigenvalue weighted by atomic mass is 16.5. The van der Waals surface area contributed by atoms with Crippen molar-refractivity contribution in [3.63, 3.8) is 0 Å². The zero-order valence-corrected chi connectivity index (χ0v) is 21.2. The lowest BCUT2D eigenvalue weighted by atomic mass is 9.94. The maximum atomic E-state index is 13.4. The molecule has 1 N–H and O–H groups in total. The van der Waals surface area contributed by atoms with Crippen molar-refractivity contribution in [1.82, 2.24) is 15.1 Å². The lowest BCUT2D eigenvalue weighted by molar-refractivity contribution is -0.127. The predicted molar refractivity (Wildman–Crippen MR) is 135 cm³/mol. The molecule has 1 atom stereocenters. The van der Waals surface area contributed by atoms with Gasteiger partial charge in [-0.15, -0.1) is 0 Å². The number of amides is 4. The third-order valence-corrected chi connectivity index (χ3v) is 7.24. The van der Waals surface area contributed by atoms with E-state index in [9.17, 15) is 19.2 Å². The summed E-state index contributed by atoms with van der Waals surface area (Å²) in [5.74, 6) is -0.156. The van der Waals surface area contributed by atoms with Crippen molar-refractivity contribution < 1.29 is 23.9 Å². The fourth-order valence-corrected chi connectivity index (χ4v) is 4.61. The maximum absolute atomic E-state index is 13.4. The normalized spacial score (nSPS) is 16.8. The Morgan fingerprint density at radius 1 is 1.00 bits per heavy atom. The van der Waals surface area contributed by atoms with Crippen LogP contribution >= 0.6 is 0 Å². The minimum absolute atomic E-state index is 0.0452. The van der Waals surface area contributed by atoms with E-state index >= 15 is 0 Å². The Morgan fingerprint density at radius 3 is 2.17 bits per heavy atom. The van der Waals surface area contributed by atoms with E-state index < -0.39 is 0 Å². The van der Waals surface area contributed by atoms with E-state index in [1.165, 1.54) is 12.0 Å². The molecule has 0 bridgehead atoms. The van der Waals surface area contributed by atoms with Crippen LogP contribution in [0.3, 0.4) is 0 Å². The first-order valence-corrected chi connectivity index (χ1v) is 12.4. The quantitative estimate of drug-likeness (QED) is 0.598. The molecule has 2 aromatic carbocycles. The number of carbonyl (C=O) groups excluding carboxylic acids is 4. The second kappa shape index (κ2) is 10.5. The monoisotopic (exact) mass is 491 g/mol. The van der Waals surface area contributed by atoms with Crippen LogP contribution in [0.15, 0.2) is 42.5 Å². The number of nitrogens with zero attached hydrogens (tertiary/aromatic N) is 2. The lowest BCUT2D eigenvalue weighted by Gasteiger charge is -2.32. The summed E-state index contributed by atoms with van der Waals surface area (Å²) in [6.07, 6.45) is 1.19. The molecule has 0 spiro atoms. The highest BCUT2D eigenvalue weighted by molar-refractivity contribution is 6.21. The van der Waals surface area contributed by atoms with Gasteiger partial charge in [0.2, 0.25) is 5.91 Å². The molecule has 1 saturated heterocycles. The summed E-state index contributed by atoms with van der Waals surface area (Å²) in [6, 6.07) is 12.0. The molecule has 8 heteroatoms. The van der Waals surface area contributed by atoms with Crippen LogP contribution in [0.4, 0.5) is 0 Å². The summed E-state index contributed by atoms with van der Waals surface area (Å²) in [4.78, 5) is 54.5. The standard InChI is InChI=1S/C28H33N3O5/c1-17(2)18(3)29-25(32)20-11-13-30(14-12-20)26(33)23-15-19(9-10-24(23)36-4)16-31-27(34)21-7-5-6-8-22(21)28(31)35/h5-10,15,17-18,20H,11-14,16H2,1-4H3,(H,29,32)/t18-/m1/s1. The van der Waals surface area contributed by atoms with Gasteiger partial charge in [0.25, 0.3) is 17.7 Å². The SMILES string of the molecule is COc1ccc(CN2C(=O)c3ccccc3C2=O)cc1C(=O)N1CCC(C(=O)N[C@H](C)C(C)C)CC1. The van der Waals surface area contributed by atoms with E-state index in [2.05, 4.69) is 19.2 Å². The van der Waals surface area contributed by atoms with E-state index in [4.69, 9.17) is 4.74 Å². The summed E-state index contributed by atoms with van der Waals surface area (Å²) in [6.45, 7) is 7.15. The number of fused-ring (bicyclic) bond motifs is 1. The Balaban J connectivity index is 1.45. The van der Waals surface area contributed by atoms with Crippen molar-refractivity contribution in [3.05, 3.63) is 64.7 Å². The fraction of sp³-hybridized carbons (Fsp3) is 0.429. The number of benzene rings is 2. The Hall–Kier alpha value is -3.68. The topological polar surface area (TPSA) is 96.0 Å². The zero-order valence-electron chi connectivity index (χ0n) is 21.2. The maximum Gasteiger partial charge on any atom is 0.261 e. The first kappa shape index (κ1) is 25.4. The third-order valence-electron chi connectivity index (χ3n) is 7.24. The van der Waals surface area contributed by atoms with E-state index in [1.807, 2.05) is 6.92 Å². The van der Waals surface area contributed by atoms with E-state index in [-0.39, 0.29) is 42.1 Å². The highest BCUT2D eigenvalue weighted by Gasteiger charge is 2.35. The van der Waals surface area contributed by atoms with Gasteiger partial charge in [0.1, 0.15) is 5.75 Å². The van der Waals surface area contributed by atoms with Crippen molar-refractivity contribution in [1.29, 1.82) is 0 Å². The molecule has 1 fully saturated rings. The van der Waals surface area contributed by atoms with Gasteiger partial charge < -0.3 is 15.0 Å². The second-order valence-electron chi connectivity index (χ2n) is 9.88. The predicted octanol–water partition coefficient (Wildman–Crippen LogP) is 3.50. The molecule has 36 heavy (non-hydrogen) atoms. The number of piperidine rings is 1. The number of carbonyl (C=O) groups is 4. The van der Waals surface area contributed by atoms with Gasteiger partial charge in [0, 0.05) is 25.0 Å². The van der Waals surface area contributed by atoms with E-state index in [0.29, 0.717) is 59.9 Å². The first-order chi connectivity index (χ1) is 17.2. The Morgan fingerprint density at radius 2 is 1.61 bits per heavy atom. The summed E-state index contributed by atoms with van der Waals surface area (Å²) in [5.41, 5.74) is 1.82. The van der Waals surface area contributed by atoms with Gasteiger partial charge in [-0.3, -0.25) is 24.1 Å². The highest BCUT2D eigenvalue weighted by Crippen LogP contribution is 2.28. The van der Waals surface area contributed by atoms with Crippen LogP contribution in [0.2, 0.25) is 0 Å². The number of nitrogens with one attached hydrogen (secondary N) is 1. The molecule has 2 heterocycles. The first-order valence-electron chi connectivity index (χ1n) is 12.4. The molecule has 0 unspecified atom stereocenters. The number of hydrogen-bond acceptors (Lipinski definition) is 5. The van der Waals surface area contributed by atoms with Crippen LogP contribution in [0.25, 0.3) is 0 Å². The minimum Gasteiger partial charge on any atom is -0.496 e.